The number of ether oxygens (including phenoxy) is 1. The number of nitrogens with zero attached hydrogens (tertiary/aromatic N) is 2. The Morgan fingerprint density at radius 3 is 2.78 bits per heavy atom. The van der Waals surface area contributed by atoms with Crippen LogP contribution in [0.15, 0.2) is 30.3 Å². The van der Waals surface area contributed by atoms with Crippen LogP contribution in [0.2, 0.25) is 0 Å². The molecule has 1 aromatic heterocycles. The summed E-state index contributed by atoms with van der Waals surface area (Å²) in [6, 6.07) is 9.20. The number of hydrogen-bond donors (Lipinski definition) is 3. The number of morpholine rings is 1. The van der Waals surface area contributed by atoms with Crippen molar-refractivity contribution >= 4 is 17.7 Å². The lowest BCUT2D eigenvalue weighted by Crippen LogP contribution is -2.48. The maximum atomic E-state index is 12.7. The van der Waals surface area contributed by atoms with Gasteiger partial charge in [0.1, 0.15) is 5.69 Å². The fourth-order valence-corrected chi connectivity index (χ4v) is 2.55. The zero-order valence-electron chi connectivity index (χ0n) is 12.2. The third-order valence-electron chi connectivity index (χ3n) is 3.70. The van der Waals surface area contributed by atoms with Crippen molar-refractivity contribution in [2.24, 2.45) is 0 Å². The van der Waals surface area contributed by atoms with E-state index in [1.165, 1.54) is 4.90 Å². The predicted octanol–water partition coefficient (Wildman–Crippen LogP) is 0.585. The van der Waals surface area contributed by atoms with Crippen LogP contribution in [-0.2, 0) is 9.53 Å². The molecule has 1 fully saturated rings. The van der Waals surface area contributed by atoms with Crippen LogP contribution in [-0.4, -0.2) is 57.9 Å². The molecule has 4 N–H and O–H groups in total. The van der Waals surface area contributed by atoms with Gasteiger partial charge in [0.2, 0.25) is 0 Å². The standard InChI is InChI=1S/C15H16N4O4/c16-13-11(9-4-2-1-3-5-9)12(17-18-13)14(20)19-6-7-23-10(8-19)15(21)22/h1-5,10H,6-8H2,(H,21,22)(H3,16,17,18)/t10-/m1/s1. The van der Waals surface area contributed by atoms with Crippen molar-refractivity contribution in [1.82, 2.24) is 15.1 Å². The number of anilines is 1. The number of carboxylic acids is 1. The third-order valence-corrected chi connectivity index (χ3v) is 3.70. The zero-order valence-corrected chi connectivity index (χ0v) is 12.2. The van der Waals surface area contributed by atoms with E-state index in [1.807, 2.05) is 30.3 Å². The summed E-state index contributed by atoms with van der Waals surface area (Å²) in [5.74, 6) is -1.21. The second-order valence-corrected chi connectivity index (χ2v) is 5.17. The van der Waals surface area contributed by atoms with Crippen molar-refractivity contribution in [3.63, 3.8) is 0 Å². The van der Waals surface area contributed by atoms with Gasteiger partial charge in [-0.05, 0) is 5.56 Å². The first-order valence-electron chi connectivity index (χ1n) is 7.11. The molecular formula is C15H16N4O4. The molecule has 2 heterocycles. The highest BCUT2D eigenvalue weighted by atomic mass is 16.5. The Balaban J connectivity index is 1.90. The SMILES string of the molecule is Nc1n[nH]c(C(=O)N2CCO[C@@H](C(=O)O)C2)c1-c1ccccc1. The molecular weight excluding hydrogens is 300 g/mol. The molecule has 1 amide bonds. The minimum Gasteiger partial charge on any atom is -0.479 e. The van der Waals surface area contributed by atoms with E-state index in [0.717, 1.165) is 5.56 Å². The minimum absolute atomic E-state index is 0.0126. The van der Waals surface area contributed by atoms with Crippen molar-refractivity contribution in [2.75, 3.05) is 25.4 Å². The smallest absolute Gasteiger partial charge is 0.334 e. The fourth-order valence-electron chi connectivity index (χ4n) is 2.55. The van der Waals surface area contributed by atoms with E-state index < -0.39 is 12.1 Å². The highest BCUT2D eigenvalue weighted by Crippen LogP contribution is 2.28. The molecule has 1 aliphatic heterocycles. The summed E-state index contributed by atoms with van der Waals surface area (Å²) in [6.45, 7) is 0.476. The van der Waals surface area contributed by atoms with Gasteiger partial charge in [0.25, 0.3) is 5.91 Å². The number of hydrogen-bond acceptors (Lipinski definition) is 5. The highest BCUT2D eigenvalue weighted by molar-refractivity contribution is 6.01. The molecule has 1 saturated heterocycles. The van der Waals surface area contributed by atoms with E-state index in [-0.39, 0.29) is 30.6 Å². The lowest BCUT2D eigenvalue weighted by Gasteiger charge is -2.30. The van der Waals surface area contributed by atoms with Crippen LogP contribution in [0.3, 0.4) is 0 Å². The van der Waals surface area contributed by atoms with Gasteiger partial charge in [-0.15, -0.1) is 0 Å². The van der Waals surface area contributed by atoms with Gasteiger partial charge in [-0.1, -0.05) is 30.3 Å². The number of nitrogens with one attached hydrogen (secondary N) is 1. The number of amides is 1. The molecule has 1 aromatic carbocycles. The van der Waals surface area contributed by atoms with Crippen molar-refractivity contribution in [1.29, 1.82) is 0 Å². The Hall–Kier alpha value is -2.87. The highest BCUT2D eigenvalue weighted by Gasteiger charge is 2.31. The van der Waals surface area contributed by atoms with E-state index in [9.17, 15) is 9.59 Å². The van der Waals surface area contributed by atoms with Crippen LogP contribution >= 0.6 is 0 Å². The van der Waals surface area contributed by atoms with Gasteiger partial charge < -0.3 is 20.5 Å². The van der Waals surface area contributed by atoms with Gasteiger partial charge in [-0.25, -0.2) is 4.79 Å². The molecule has 120 valence electrons. The average Bonchev–Trinajstić information content (AvgIpc) is 2.96. The van der Waals surface area contributed by atoms with Gasteiger partial charge in [0.05, 0.1) is 18.7 Å². The number of nitrogen functional groups attached to an aromatic ring is 1. The van der Waals surface area contributed by atoms with E-state index in [4.69, 9.17) is 15.6 Å². The van der Waals surface area contributed by atoms with Crippen molar-refractivity contribution in [3.05, 3.63) is 36.0 Å². The molecule has 0 radical (unpaired) electrons. The predicted molar refractivity (Wildman–Crippen MR) is 81.7 cm³/mol. The van der Waals surface area contributed by atoms with Crippen molar-refractivity contribution < 1.29 is 19.4 Å². The van der Waals surface area contributed by atoms with E-state index >= 15 is 0 Å². The van der Waals surface area contributed by atoms with Crippen LogP contribution in [0, 0.1) is 0 Å². The zero-order chi connectivity index (χ0) is 16.4. The summed E-state index contributed by atoms with van der Waals surface area (Å²) in [5.41, 5.74) is 7.42. The number of H-pyrrole nitrogens is 1. The van der Waals surface area contributed by atoms with E-state index in [0.29, 0.717) is 12.1 Å². The minimum atomic E-state index is -1.09. The topological polar surface area (TPSA) is 122 Å². The largest absolute Gasteiger partial charge is 0.479 e. The number of nitrogens with two attached hydrogens (primary N) is 1. The Kier molecular flexibility index (Phi) is 3.98. The number of carbonyl (C=O) groups excluding carboxylic acids is 1. The first-order valence-corrected chi connectivity index (χ1v) is 7.11. The maximum Gasteiger partial charge on any atom is 0.334 e. The van der Waals surface area contributed by atoms with Crippen LogP contribution < -0.4 is 5.73 Å². The Bertz CT molecular complexity index is 728. The molecule has 0 bridgehead atoms. The van der Waals surface area contributed by atoms with Gasteiger partial charge in [0.15, 0.2) is 11.9 Å². The lowest BCUT2D eigenvalue weighted by molar-refractivity contribution is -0.154. The summed E-state index contributed by atoms with van der Waals surface area (Å²) in [6.07, 6.45) is -1.02. The summed E-state index contributed by atoms with van der Waals surface area (Å²) in [7, 11) is 0. The number of aromatic amines is 1. The van der Waals surface area contributed by atoms with Crippen LogP contribution in [0.5, 0.6) is 0 Å². The number of rotatable bonds is 3. The first-order chi connectivity index (χ1) is 11.1. The summed E-state index contributed by atoms with van der Waals surface area (Å²) in [4.78, 5) is 25.2. The molecule has 1 atom stereocenters. The normalized spacial score (nSPS) is 17.9. The van der Waals surface area contributed by atoms with Crippen LogP contribution in [0.4, 0.5) is 5.82 Å². The number of carbonyl (C=O) groups is 2. The van der Waals surface area contributed by atoms with Gasteiger partial charge in [-0.2, -0.15) is 5.10 Å². The number of aliphatic carboxylic acids is 1. The second-order valence-electron chi connectivity index (χ2n) is 5.17. The molecule has 0 aliphatic carbocycles. The monoisotopic (exact) mass is 316 g/mol. The molecule has 0 unspecified atom stereocenters. The molecule has 0 spiro atoms. The van der Waals surface area contributed by atoms with E-state index in [2.05, 4.69) is 10.2 Å². The number of carboxylic acid groups (broad SMARTS) is 1. The van der Waals surface area contributed by atoms with Gasteiger partial charge in [0, 0.05) is 6.54 Å². The molecule has 0 saturated carbocycles. The maximum absolute atomic E-state index is 12.7. The first kappa shape index (κ1) is 15.0. The fraction of sp³-hybridized carbons (Fsp3) is 0.267. The second kappa shape index (κ2) is 6.09. The molecule has 8 nitrogen and oxygen atoms in total. The Morgan fingerprint density at radius 1 is 1.35 bits per heavy atom. The van der Waals surface area contributed by atoms with Crippen molar-refractivity contribution in [2.45, 2.75) is 6.10 Å². The quantitative estimate of drug-likeness (QED) is 0.761. The van der Waals surface area contributed by atoms with Crippen LogP contribution in [0.25, 0.3) is 11.1 Å². The summed E-state index contributed by atoms with van der Waals surface area (Å²) in [5, 5.41) is 15.6. The number of aromatic nitrogens is 2. The number of benzene rings is 1. The van der Waals surface area contributed by atoms with Gasteiger partial charge in [-0.3, -0.25) is 9.89 Å². The molecule has 3 rings (SSSR count). The lowest BCUT2D eigenvalue weighted by atomic mass is 10.0. The summed E-state index contributed by atoms with van der Waals surface area (Å²) >= 11 is 0. The van der Waals surface area contributed by atoms with Crippen LogP contribution in [0.1, 0.15) is 10.5 Å². The third kappa shape index (κ3) is 2.88. The van der Waals surface area contributed by atoms with Gasteiger partial charge >= 0.3 is 5.97 Å². The van der Waals surface area contributed by atoms with E-state index in [1.54, 1.807) is 0 Å². The molecule has 1 aliphatic rings. The Labute approximate surface area is 131 Å². The molecule has 23 heavy (non-hydrogen) atoms. The summed E-state index contributed by atoms with van der Waals surface area (Å²) < 4.78 is 5.13. The van der Waals surface area contributed by atoms with Crippen molar-refractivity contribution in [3.8, 4) is 11.1 Å². The molecule has 2 aromatic rings. The average molecular weight is 316 g/mol. The molecule has 8 heteroatoms. The Morgan fingerprint density at radius 2 is 2.09 bits per heavy atom.